The number of para-hydroxylation sites is 1. The van der Waals surface area contributed by atoms with Crippen molar-refractivity contribution >= 4 is 17.1 Å². The molecule has 0 saturated heterocycles. The third kappa shape index (κ3) is 5.90. The Labute approximate surface area is 350 Å². The first kappa shape index (κ1) is 36.9. The van der Waals surface area contributed by atoms with E-state index in [1.165, 1.54) is 84.4 Å². The highest BCUT2D eigenvalue weighted by atomic mass is 15.1. The zero-order valence-corrected chi connectivity index (χ0v) is 34.8. The summed E-state index contributed by atoms with van der Waals surface area (Å²) in [6.07, 6.45) is 2.31. The Bertz CT molecular complexity index is 2760. The number of fused-ring (bicyclic) bond motifs is 4. The van der Waals surface area contributed by atoms with E-state index in [1.807, 2.05) is 0 Å². The highest BCUT2D eigenvalue weighted by Gasteiger charge is 2.47. The summed E-state index contributed by atoms with van der Waals surface area (Å²) in [5, 5.41) is 0. The van der Waals surface area contributed by atoms with Crippen molar-refractivity contribution in [2.75, 3.05) is 4.90 Å². The normalized spacial score (nSPS) is 15.5. The molecule has 0 fully saturated rings. The fraction of sp³-hybridized carbons (Fsp3) is 0.172. The Morgan fingerprint density at radius 1 is 0.407 bits per heavy atom. The van der Waals surface area contributed by atoms with Gasteiger partial charge >= 0.3 is 0 Å². The number of nitrogens with zero attached hydrogens (tertiary/aromatic N) is 1. The maximum absolute atomic E-state index is 2.58. The van der Waals surface area contributed by atoms with E-state index in [4.69, 9.17) is 0 Å². The number of aryl methyl sites for hydroxylation is 1. The van der Waals surface area contributed by atoms with E-state index in [0.717, 1.165) is 17.8 Å². The molecule has 2 aliphatic carbocycles. The molecule has 0 aliphatic heterocycles. The van der Waals surface area contributed by atoms with E-state index in [0.29, 0.717) is 0 Å². The maximum atomic E-state index is 2.58. The lowest BCUT2D eigenvalue weighted by Crippen LogP contribution is -2.34. The molecule has 288 valence electrons. The van der Waals surface area contributed by atoms with Crippen LogP contribution in [0.15, 0.2) is 194 Å². The third-order valence-electron chi connectivity index (χ3n) is 13.5. The van der Waals surface area contributed by atoms with Gasteiger partial charge in [0.2, 0.25) is 0 Å². The van der Waals surface area contributed by atoms with E-state index in [1.54, 1.807) is 0 Å². The molecule has 2 aliphatic rings. The van der Waals surface area contributed by atoms with Crippen molar-refractivity contribution in [1.29, 1.82) is 0 Å². The fourth-order valence-electron chi connectivity index (χ4n) is 10.5. The predicted octanol–water partition coefficient (Wildman–Crippen LogP) is 15.5. The maximum Gasteiger partial charge on any atom is 0.0714 e. The van der Waals surface area contributed by atoms with Gasteiger partial charge in [-0.25, -0.2) is 0 Å². The molecule has 0 spiro atoms. The summed E-state index contributed by atoms with van der Waals surface area (Å²) in [5.74, 6) is 0. The van der Waals surface area contributed by atoms with Gasteiger partial charge in [-0.3, -0.25) is 0 Å². The molecule has 0 radical (unpaired) electrons. The molecule has 10 rings (SSSR count). The van der Waals surface area contributed by atoms with Gasteiger partial charge in [-0.15, -0.1) is 0 Å². The number of hydrogen-bond donors (Lipinski definition) is 0. The molecule has 0 atom stereocenters. The Kier molecular flexibility index (Phi) is 8.83. The highest BCUT2D eigenvalue weighted by molar-refractivity contribution is 5.98. The molecule has 0 aromatic heterocycles. The van der Waals surface area contributed by atoms with Crippen molar-refractivity contribution in [2.24, 2.45) is 0 Å². The van der Waals surface area contributed by atoms with Gasteiger partial charge in [0.15, 0.2) is 0 Å². The van der Waals surface area contributed by atoms with Gasteiger partial charge < -0.3 is 4.90 Å². The number of rotatable bonds is 7. The summed E-state index contributed by atoms with van der Waals surface area (Å²) >= 11 is 0. The molecule has 0 unspecified atom stereocenters. The second-order valence-electron chi connectivity index (χ2n) is 18.0. The molecular formula is C58H51N. The molecule has 0 bridgehead atoms. The minimum Gasteiger partial charge on any atom is -0.310 e. The molecule has 0 amide bonds. The van der Waals surface area contributed by atoms with Crippen LogP contribution >= 0.6 is 0 Å². The lowest BCUT2D eigenvalue weighted by Gasteiger charge is -2.44. The number of hydrogen-bond acceptors (Lipinski definition) is 1. The fourth-order valence-corrected chi connectivity index (χ4v) is 10.5. The van der Waals surface area contributed by atoms with Gasteiger partial charge in [0, 0.05) is 16.9 Å². The molecule has 0 heterocycles. The summed E-state index contributed by atoms with van der Waals surface area (Å²) in [6, 6.07) is 72.4. The van der Waals surface area contributed by atoms with Crippen molar-refractivity contribution in [3.63, 3.8) is 0 Å². The largest absolute Gasteiger partial charge is 0.310 e. The SMILES string of the molecule is Cc1ccc2c(c1-c1cc3c(cc1N(c1ccccc1)c1ccc(-c4ccccc4)cc1)C(c1ccccc1)(c1ccccc1)c1ccccc1-3)C(C)(C)CCC2(C)C. The van der Waals surface area contributed by atoms with Crippen molar-refractivity contribution in [1.82, 2.24) is 0 Å². The van der Waals surface area contributed by atoms with Crippen LogP contribution in [0.5, 0.6) is 0 Å². The number of anilines is 3. The molecule has 8 aromatic rings. The molecular weight excluding hydrogens is 711 g/mol. The second-order valence-corrected chi connectivity index (χ2v) is 18.0. The monoisotopic (exact) mass is 761 g/mol. The van der Waals surface area contributed by atoms with E-state index >= 15 is 0 Å². The van der Waals surface area contributed by atoms with E-state index < -0.39 is 5.41 Å². The summed E-state index contributed by atoms with van der Waals surface area (Å²) < 4.78 is 0. The van der Waals surface area contributed by atoms with Crippen LogP contribution in [0.1, 0.15) is 79.5 Å². The third-order valence-corrected chi connectivity index (χ3v) is 13.5. The van der Waals surface area contributed by atoms with Crippen LogP contribution in [-0.4, -0.2) is 0 Å². The Hall–Kier alpha value is -6.44. The molecule has 0 saturated carbocycles. The Morgan fingerprint density at radius 3 is 1.58 bits per heavy atom. The van der Waals surface area contributed by atoms with Crippen molar-refractivity contribution in [3.8, 4) is 33.4 Å². The van der Waals surface area contributed by atoms with Gasteiger partial charge in [-0.1, -0.05) is 185 Å². The summed E-state index contributed by atoms with van der Waals surface area (Å²) in [7, 11) is 0. The Morgan fingerprint density at radius 2 is 0.932 bits per heavy atom. The van der Waals surface area contributed by atoms with Crippen LogP contribution in [0.25, 0.3) is 33.4 Å². The van der Waals surface area contributed by atoms with Gasteiger partial charge in [-0.05, 0) is 134 Å². The average Bonchev–Trinajstić information content (AvgIpc) is 3.56. The zero-order chi connectivity index (χ0) is 40.4. The van der Waals surface area contributed by atoms with Gasteiger partial charge in [0.25, 0.3) is 0 Å². The van der Waals surface area contributed by atoms with Crippen LogP contribution in [-0.2, 0) is 16.2 Å². The Balaban J connectivity index is 1.35. The average molecular weight is 762 g/mol. The molecule has 59 heavy (non-hydrogen) atoms. The van der Waals surface area contributed by atoms with Crippen molar-refractivity contribution in [2.45, 2.75) is 63.7 Å². The van der Waals surface area contributed by atoms with E-state index in [-0.39, 0.29) is 10.8 Å². The molecule has 0 N–H and O–H groups in total. The van der Waals surface area contributed by atoms with Gasteiger partial charge in [0.1, 0.15) is 0 Å². The van der Waals surface area contributed by atoms with Gasteiger partial charge in [0.05, 0.1) is 11.1 Å². The van der Waals surface area contributed by atoms with Gasteiger partial charge in [-0.2, -0.15) is 0 Å². The van der Waals surface area contributed by atoms with Crippen LogP contribution in [0.4, 0.5) is 17.1 Å². The number of benzene rings is 8. The lowest BCUT2D eigenvalue weighted by atomic mass is 9.61. The molecule has 8 aromatic carbocycles. The quantitative estimate of drug-likeness (QED) is 0.156. The summed E-state index contributed by atoms with van der Waals surface area (Å²) in [5.41, 5.74) is 20.1. The van der Waals surface area contributed by atoms with E-state index in [2.05, 4.69) is 234 Å². The smallest absolute Gasteiger partial charge is 0.0714 e. The summed E-state index contributed by atoms with van der Waals surface area (Å²) in [6.45, 7) is 12.2. The van der Waals surface area contributed by atoms with E-state index in [9.17, 15) is 0 Å². The van der Waals surface area contributed by atoms with Crippen LogP contribution in [0, 0.1) is 6.92 Å². The summed E-state index contributed by atoms with van der Waals surface area (Å²) in [4.78, 5) is 2.52. The molecule has 1 nitrogen and oxygen atoms in total. The van der Waals surface area contributed by atoms with Crippen LogP contribution < -0.4 is 4.90 Å². The van der Waals surface area contributed by atoms with Crippen molar-refractivity contribution in [3.05, 3.63) is 233 Å². The topological polar surface area (TPSA) is 3.24 Å². The highest BCUT2D eigenvalue weighted by Crippen LogP contribution is 2.60. The minimum absolute atomic E-state index is 0.00680. The first-order chi connectivity index (χ1) is 28.7. The molecule has 1 heteroatoms. The first-order valence-corrected chi connectivity index (χ1v) is 21.2. The van der Waals surface area contributed by atoms with Crippen molar-refractivity contribution < 1.29 is 0 Å². The van der Waals surface area contributed by atoms with Crippen LogP contribution in [0.2, 0.25) is 0 Å². The van der Waals surface area contributed by atoms with Crippen LogP contribution in [0.3, 0.4) is 0 Å². The zero-order valence-electron chi connectivity index (χ0n) is 34.8. The minimum atomic E-state index is -0.534. The lowest BCUT2D eigenvalue weighted by molar-refractivity contribution is 0.332. The predicted molar refractivity (Wildman–Crippen MR) is 249 cm³/mol. The first-order valence-electron chi connectivity index (χ1n) is 21.2. The standard InChI is InChI=1S/C58H51N/c1-40-30-35-51-55(57(4,5)37-36-56(51,2)3)54(40)49-38-48-47-28-18-19-29-50(47)58(43-22-12-7-13-23-43,44-24-14-8-15-25-44)52(48)39-53(49)59(45-26-16-9-17-27-45)46-33-31-42(32-34-46)41-20-10-6-11-21-41/h6-35,38-39H,36-37H2,1-5H3. The second kappa shape index (κ2) is 14.1.